The first-order chi connectivity index (χ1) is 9.00. The molecule has 1 N–H and O–H groups in total. The van der Waals surface area contributed by atoms with Crippen LogP contribution >= 0.6 is 0 Å². The third-order valence-corrected chi connectivity index (χ3v) is 5.13. The van der Waals surface area contributed by atoms with Crippen molar-refractivity contribution in [2.24, 2.45) is 5.92 Å². The fourth-order valence-corrected chi connectivity index (χ4v) is 4.03. The molecule has 1 heterocycles. The average molecular weight is 281 g/mol. The van der Waals surface area contributed by atoms with E-state index in [1.165, 1.54) is 5.56 Å². The first-order valence-corrected chi connectivity index (χ1v) is 8.42. The lowest BCUT2D eigenvalue weighted by Gasteiger charge is -2.10. The summed E-state index contributed by atoms with van der Waals surface area (Å²) in [6.45, 7) is 2.12. The quantitative estimate of drug-likeness (QED) is 0.918. The second-order valence-electron chi connectivity index (χ2n) is 5.04. The van der Waals surface area contributed by atoms with Gasteiger partial charge in [-0.05, 0) is 30.5 Å². The molecule has 1 unspecified atom stereocenters. The summed E-state index contributed by atoms with van der Waals surface area (Å²) in [6, 6.07) is 7.72. The van der Waals surface area contributed by atoms with Crippen LogP contribution in [-0.2, 0) is 21.1 Å². The number of hydrogen-bond acceptors (Lipinski definition) is 3. The van der Waals surface area contributed by atoms with Gasteiger partial charge in [0.05, 0.1) is 17.4 Å². The van der Waals surface area contributed by atoms with Crippen LogP contribution in [0.1, 0.15) is 25.3 Å². The summed E-state index contributed by atoms with van der Waals surface area (Å²) < 4.78 is 22.7. The molecule has 0 aromatic heterocycles. The number of amides is 1. The van der Waals surface area contributed by atoms with Crippen LogP contribution in [0.5, 0.6) is 0 Å². The van der Waals surface area contributed by atoms with Crippen molar-refractivity contribution in [3.05, 3.63) is 29.8 Å². The van der Waals surface area contributed by atoms with E-state index in [0.29, 0.717) is 6.42 Å². The van der Waals surface area contributed by atoms with E-state index < -0.39 is 15.8 Å². The zero-order valence-electron chi connectivity index (χ0n) is 11.1. The first-order valence-electron chi connectivity index (χ1n) is 6.60. The maximum Gasteiger partial charge on any atom is 0.228 e. The van der Waals surface area contributed by atoms with E-state index in [-0.39, 0.29) is 17.4 Å². The molecule has 2 rings (SSSR count). The molecule has 4 nitrogen and oxygen atoms in total. The Balaban J connectivity index is 1.95. The maximum atomic E-state index is 11.9. The van der Waals surface area contributed by atoms with E-state index in [1.54, 1.807) is 0 Å². The minimum Gasteiger partial charge on any atom is -0.326 e. The van der Waals surface area contributed by atoms with Gasteiger partial charge in [0.25, 0.3) is 0 Å². The molecule has 1 aromatic rings. The van der Waals surface area contributed by atoms with E-state index in [2.05, 4.69) is 12.2 Å². The number of rotatable bonds is 4. The van der Waals surface area contributed by atoms with Crippen molar-refractivity contribution in [3.63, 3.8) is 0 Å². The summed E-state index contributed by atoms with van der Waals surface area (Å²) in [5.41, 5.74) is 1.97. The predicted molar refractivity (Wildman–Crippen MR) is 75.8 cm³/mol. The lowest BCUT2D eigenvalue weighted by atomic mass is 10.1. The van der Waals surface area contributed by atoms with Crippen LogP contribution < -0.4 is 5.32 Å². The van der Waals surface area contributed by atoms with Crippen molar-refractivity contribution in [2.45, 2.75) is 26.2 Å². The Morgan fingerprint density at radius 3 is 2.53 bits per heavy atom. The van der Waals surface area contributed by atoms with Gasteiger partial charge in [0.1, 0.15) is 0 Å². The normalized spacial score (nSPS) is 21.2. The van der Waals surface area contributed by atoms with E-state index in [9.17, 15) is 13.2 Å². The van der Waals surface area contributed by atoms with Crippen molar-refractivity contribution in [1.29, 1.82) is 0 Å². The van der Waals surface area contributed by atoms with Gasteiger partial charge in [-0.2, -0.15) is 0 Å². The molecule has 0 saturated carbocycles. The minimum atomic E-state index is -3.01. The third kappa shape index (κ3) is 3.80. The molecule has 1 aromatic carbocycles. The Labute approximate surface area is 114 Å². The number of carbonyl (C=O) groups is 1. The number of aryl methyl sites for hydroxylation is 1. The van der Waals surface area contributed by atoms with Crippen LogP contribution in [0, 0.1) is 5.92 Å². The van der Waals surface area contributed by atoms with E-state index in [1.807, 2.05) is 24.3 Å². The second kappa shape index (κ2) is 5.74. The monoisotopic (exact) mass is 281 g/mol. The zero-order chi connectivity index (χ0) is 13.9. The number of sulfone groups is 1. The van der Waals surface area contributed by atoms with Gasteiger partial charge in [0, 0.05) is 5.69 Å². The highest BCUT2D eigenvalue weighted by Gasteiger charge is 2.32. The summed E-state index contributed by atoms with van der Waals surface area (Å²) in [4.78, 5) is 11.9. The lowest BCUT2D eigenvalue weighted by molar-refractivity contribution is -0.119. The predicted octanol–water partition coefficient (Wildman–Crippen LogP) is 2.01. The number of carbonyl (C=O) groups excluding carboxylic acids is 1. The SMILES string of the molecule is CCCc1ccc(NC(=O)C2CCS(=O)(=O)C2)cc1. The van der Waals surface area contributed by atoms with Gasteiger partial charge in [-0.1, -0.05) is 25.5 Å². The Hall–Kier alpha value is -1.36. The Morgan fingerprint density at radius 1 is 1.32 bits per heavy atom. The van der Waals surface area contributed by atoms with Crippen LogP contribution in [0.3, 0.4) is 0 Å². The molecule has 1 aliphatic heterocycles. The molecule has 0 spiro atoms. The van der Waals surface area contributed by atoms with Crippen LogP contribution in [0.25, 0.3) is 0 Å². The van der Waals surface area contributed by atoms with Crippen molar-refractivity contribution in [1.82, 2.24) is 0 Å². The molecule has 1 amide bonds. The van der Waals surface area contributed by atoms with Gasteiger partial charge in [-0.15, -0.1) is 0 Å². The Bertz CT molecular complexity index is 549. The van der Waals surface area contributed by atoms with E-state index in [0.717, 1.165) is 18.5 Å². The van der Waals surface area contributed by atoms with Crippen molar-refractivity contribution < 1.29 is 13.2 Å². The molecule has 1 atom stereocenters. The standard InChI is InChI=1S/C14H19NO3S/c1-2-3-11-4-6-13(7-5-11)15-14(16)12-8-9-19(17,18)10-12/h4-7,12H,2-3,8-10H2,1H3,(H,15,16). The van der Waals surface area contributed by atoms with Gasteiger partial charge in [-0.25, -0.2) is 8.42 Å². The molecular formula is C14H19NO3S. The average Bonchev–Trinajstić information content (AvgIpc) is 2.73. The van der Waals surface area contributed by atoms with Gasteiger partial charge < -0.3 is 5.32 Å². The zero-order valence-corrected chi connectivity index (χ0v) is 11.9. The summed E-state index contributed by atoms with van der Waals surface area (Å²) in [7, 11) is -3.01. The summed E-state index contributed by atoms with van der Waals surface area (Å²) in [5.74, 6) is -0.488. The second-order valence-corrected chi connectivity index (χ2v) is 7.26. The topological polar surface area (TPSA) is 63.2 Å². The molecular weight excluding hydrogens is 262 g/mol. The molecule has 5 heteroatoms. The number of benzene rings is 1. The lowest BCUT2D eigenvalue weighted by Crippen LogP contribution is -2.23. The largest absolute Gasteiger partial charge is 0.326 e. The molecule has 104 valence electrons. The molecule has 1 aliphatic rings. The number of nitrogens with one attached hydrogen (secondary N) is 1. The smallest absolute Gasteiger partial charge is 0.228 e. The van der Waals surface area contributed by atoms with Gasteiger partial charge >= 0.3 is 0 Å². The van der Waals surface area contributed by atoms with Crippen LogP contribution in [-0.4, -0.2) is 25.8 Å². The molecule has 1 saturated heterocycles. The summed E-state index contributed by atoms with van der Waals surface area (Å²) >= 11 is 0. The van der Waals surface area contributed by atoms with Gasteiger partial charge in [-0.3, -0.25) is 4.79 Å². The van der Waals surface area contributed by atoms with Crippen LogP contribution in [0.4, 0.5) is 5.69 Å². The molecule has 19 heavy (non-hydrogen) atoms. The fraction of sp³-hybridized carbons (Fsp3) is 0.500. The Morgan fingerprint density at radius 2 is 2.00 bits per heavy atom. The number of anilines is 1. The van der Waals surface area contributed by atoms with E-state index >= 15 is 0 Å². The van der Waals surface area contributed by atoms with Gasteiger partial charge in [0.2, 0.25) is 5.91 Å². The highest BCUT2D eigenvalue weighted by atomic mass is 32.2. The summed E-state index contributed by atoms with van der Waals surface area (Å²) in [5, 5.41) is 2.79. The van der Waals surface area contributed by atoms with Crippen molar-refractivity contribution >= 4 is 21.4 Å². The molecule has 0 aliphatic carbocycles. The van der Waals surface area contributed by atoms with Crippen LogP contribution in [0.2, 0.25) is 0 Å². The van der Waals surface area contributed by atoms with E-state index in [4.69, 9.17) is 0 Å². The highest BCUT2D eigenvalue weighted by molar-refractivity contribution is 7.91. The van der Waals surface area contributed by atoms with Gasteiger partial charge in [0.15, 0.2) is 9.84 Å². The maximum absolute atomic E-state index is 11.9. The highest BCUT2D eigenvalue weighted by Crippen LogP contribution is 2.20. The Kier molecular flexibility index (Phi) is 4.24. The van der Waals surface area contributed by atoms with Crippen molar-refractivity contribution in [2.75, 3.05) is 16.8 Å². The minimum absolute atomic E-state index is 0.0211. The molecule has 1 fully saturated rings. The fourth-order valence-electron chi connectivity index (χ4n) is 2.29. The summed E-state index contributed by atoms with van der Waals surface area (Å²) in [6.07, 6.45) is 2.54. The van der Waals surface area contributed by atoms with Crippen molar-refractivity contribution in [3.8, 4) is 0 Å². The van der Waals surface area contributed by atoms with Crippen LogP contribution in [0.15, 0.2) is 24.3 Å². The molecule has 0 radical (unpaired) electrons. The number of hydrogen-bond donors (Lipinski definition) is 1. The molecule has 0 bridgehead atoms. The first kappa shape index (κ1) is 14.1. The third-order valence-electron chi connectivity index (χ3n) is 3.36.